The summed E-state index contributed by atoms with van der Waals surface area (Å²) in [4.78, 5) is 23.6. The minimum atomic E-state index is -0.257. The number of aromatic nitrogens is 2. The van der Waals surface area contributed by atoms with E-state index in [4.69, 9.17) is 0 Å². The summed E-state index contributed by atoms with van der Waals surface area (Å²) in [5.41, 5.74) is 1.76. The Morgan fingerprint density at radius 1 is 0.952 bits per heavy atom. The molecule has 0 amide bonds. The molecule has 0 atom stereocenters. The first kappa shape index (κ1) is 13.0. The van der Waals surface area contributed by atoms with Gasteiger partial charge in [-0.1, -0.05) is 48.5 Å². The van der Waals surface area contributed by atoms with Crippen LogP contribution in [0.4, 0.5) is 0 Å². The number of hydrogen-bond acceptors (Lipinski definition) is 3. The summed E-state index contributed by atoms with van der Waals surface area (Å²) in [5.74, 6) is -0.257. The van der Waals surface area contributed by atoms with Crippen molar-refractivity contribution in [3.8, 4) is 5.69 Å². The van der Waals surface area contributed by atoms with Gasteiger partial charge < -0.3 is 0 Å². The van der Waals surface area contributed by atoms with Crippen molar-refractivity contribution in [2.45, 2.75) is 0 Å². The maximum Gasteiger partial charge on any atom is 0.213 e. The van der Waals surface area contributed by atoms with Crippen molar-refractivity contribution >= 4 is 12.1 Å². The number of carbonyl (C=O) groups is 2. The molecule has 0 aliphatic heterocycles. The largest absolute Gasteiger partial charge is 0.298 e. The fourth-order valence-electron chi connectivity index (χ4n) is 2.09. The van der Waals surface area contributed by atoms with Crippen molar-refractivity contribution in [3.05, 3.63) is 83.7 Å². The second-order valence-corrected chi connectivity index (χ2v) is 4.53. The zero-order chi connectivity index (χ0) is 14.7. The Morgan fingerprint density at radius 3 is 2.19 bits per heavy atom. The highest BCUT2D eigenvalue weighted by Gasteiger charge is 2.18. The van der Waals surface area contributed by atoms with E-state index in [1.54, 1.807) is 35.1 Å². The number of para-hydroxylation sites is 1. The Morgan fingerprint density at radius 2 is 1.57 bits per heavy atom. The molecule has 3 aromatic rings. The lowest BCUT2D eigenvalue weighted by Crippen LogP contribution is -2.05. The monoisotopic (exact) mass is 276 g/mol. The SMILES string of the molecule is O=Cc1cn(-c2ccccc2)nc1C(=O)c1ccccc1. The Labute approximate surface area is 121 Å². The van der Waals surface area contributed by atoms with Gasteiger partial charge in [0, 0.05) is 11.8 Å². The van der Waals surface area contributed by atoms with Crippen LogP contribution in [0.2, 0.25) is 0 Å². The maximum atomic E-state index is 12.4. The Balaban J connectivity index is 2.05. The Kier molecular flexibility index (Phi) is 3.43. The maximum absolute atomic E-state index is 12.4. The first-order valence-electron chi connectivity index (χ1n) is 6.49. The minimum absolute atomic E-state index is 0.167. The van der Waals surface area contributed by atoms with Gasteiger partial charge in [-0.3, -0.25) is 9.59 Å². The molecule has 4 heteroatoms. The number of hydrogen-bond donors (Lipinski definition) is 0. The van der Waals surface area contributed by atoms with Gasteiger partial charge in [-0.25, -0.2) is 4.68 Å². The van der Waals surface area contributed by atoms with Gasteiger partial charge in [0.15, 0.2) is 6.29 Å². The summed E-state index contributed by atoms with van der Waals surface area (Å²) in [6.07, 6.45) is 2.22. The molecule has 1 heterocycles. The number of rotatable bonds is 4. The van der Waals surface area contributed by atoms with Crippen LogP contribution in [0.25, 0.3) is 5.69 Å². The van der Waals surface area contributed by atoms with E-state index in [1.165, 1.54) is 0 Å². The highest BCUT2D eigenvalue weighted by Crippen LogP contribution is 2.15. The third kappa shape index (κ3) is 2.51. The lowest BCUT2D eigenvalue weighted by molar-refractivity contribution is 0.102. The van der Waals surface area contributed by atoms with Gasteiger partial charge in [0.1, 0.15) is 5.69 Å². The van der Waals surface area contributed by atoms with E-state index in [-0.39, 0.29) is 17.0 Å². The van der Waals surface area contributed by atoms with Crippen LogP contribution in [0, 0.1) is 0 Å². The van der Waals surface area contributed by atoms with Gasteiger partial charge in [-0.2, -0.15) is 5.10 Å². The fourth-order valence-corrected chi connectivity index (χ4v) is 2.09. The molecule has 0 aliphatic carbocycles. The Hall–Kier alpha value is -3.01. The molecule has 2 aromatic carbocycles. The highest BCUT2D eigenvalue weighted by molar-refractivity contribution is 6.11. The van der Waals surface area contributed by atoms with E-state index in [0.717, 1.165) is 5.69 Å². The smallest absolute Gasteiger partial charge is 0.213 e. The minimum Gasteiger partial charge on any atom is -0.298 e. The van der Waals surface area contributed by atoms with Gasteiger partial charge in [-0.15, -0.1) is 0 Å². The van der Waals surface area contributed by atoms with Crippen LogP contribution >= 0.6 is 0 Å². The van der Waals surface area contributed by atoms with Gasteiger partial charge in [0.2, 0.25) is 5.78 Å². The molecule has 4 nitrogen and oxygen atoms in total. The number of carbonyl (C=O) groups excluding carboxylic acids is 2. The van der Waals surface area contributed by atoms with Crippen molar-refractivity contribution in [2.75, 3.05) is 0 Å². The molecular weight excluding hydrogens is 264 g/mol. The molecule has 102 valence electrons. The van der Waals surface area contributed by atoms with Crippen molar-refractivity contribution in [3.63, 3.8) is 0 Å². The summed E-state index contributed by atoms with van der Waals surface area (Å²) in [6.45, 7) is 0. The summed E-state index contributed by atoms with van der Waals surface area (Å²) >= 11 is 0. The van der Waals surface area contributed by atoms with E-state index in [0.29, 0.717) is 11.8 Å². The van der Waals surface area contributed by atoms with E-state index < -0.39 is 0 Å². The summed E-state index contributed by atoms with van der Waals surface area (Å²) in [7, 11) is 0. The zero-order valence-electron chi connectivity index (χ0n) is 11.1. The summed E-state index contributed by atoms with van der Waals surface area (Å²) in [5, 5.41) is 4.26. The van der Waals surface area contributed by atoms with Crippen molar-refractivity contribution in [2.24, 2.45) is 0 Å². The van der Waals surface area contributed by atoms with Gasteiger partial charge in [0.05, 0.1) is 11.3 Å². The van der Waals surface area contributed by atoms with E-state index in [2.05, 4.69) is 5.10 Å². The topological polar surface area (TPSA) is 52.0 Å². The standard InChI is InChI=1S/C17H12N2O2/c20-12-14-11-19(15-9-5-2-6-10-15)18-16(14)17(21)13-7-3-1-4-8-13/h1-12H. The quantitative estimate of drug-likeness (QED) is 0.544. The van der Waals surface area contributed by atoms with Crippen LogP contribution in [0.5, 0.6) is 0 Å². The fraction of sp³-hybridized carbons (Fsp3) is 0. The second-order valence-electron chi connectivity index (χ2n) is 4.53. The highest BCUT2D eigenvalue weighted by atomic mass is 16.1. The average Bonchev–Trinajstić information content (AvgIpc) is 3.00. The first-order chi connectivity index (χ1) is 10.3. The number of nitrogens with zero attached hydrogens (tertiary/aromatic N) is 2. The molecule has 0 aliphatic rings. The molecule has 3 rings (SSSR count). The van der Waals surface area contributed by atoms with Crippen molar-refractivity contribution in [1.82, 2.24) is 9.78 Å². The average molecular weight is 276 g/mol. The van der Waals surface area contributed by atoms with Crippen LogP contribution in [-0.4, -0.2) is 21.8 Å². The van der Waals surface area contributed by atoms with Gasteiger partial charge >= 0.3 is 0 Å². The molecule has 0 unspecified atom stereocenters. The van der Waals surface area contributed by atoms with Crippen LogP contribution in [0.1, 0.15) is 26.4 Å². The van der Waals surface area contributed by atoms with Crippen molar-refractivity contribution < 1.29 is 9.59 Å². The van der Waals surface area contributed by atoms with E-state index in [1.807, 2.05) is 36.4 Å². The normalized spacial score (nSPS) is 10.3. The van der Waals surface area contributed by atoms with E-state index >= 15 is 0 Å². The zero-order valence-corrected chi connectivity index (χ0v) is 11.1. The van der Waals surface area contributed by atoms with Gasteiger partial charge in [0.25, 0.3) is 0 Å². The number of ketones is 1. The second kappa shape index (κ2) is 5.54. The Bertz CT molecular complexity index is 777. The van der Waals surface area contributed by atoms with Crippen LogP contribution < -0.4 is 0 Å². The molecule has 1 aromatic heterocycles. The predicted octanol–water partition coefficient (Wildman–Crippen LogP) is 2.92. The summed E-state index contributed by atoms with van der Waals surface area (Å²) in [6, 6.07) is 18.2. The lowest BCUT2D eigenvalue weighted by Gasteiger charge is -2.00. The molecule has 0 spiro atoms. The number of aldehydes is 1. The molecule has 0 fully saturated rings. The van der Waals surface area contributed by atoms with E-state index in [9.17, 15) is 9.59 Å². The molecular formula is C17H12N2O2. The van der Waals surface area contributed by atoms with Crippen LogP contribution in [0.15, 0.2) is 66.9 Å². The third-order valence-corrected chi connectivity index (χ3v) is 3.14. The van der Waals surface area contributed by atoms with Gasteiger partial charge in [-0.05, 0) is 12.1 Å². The van der Waals surface area contributed by atoms with Crippen molar-refractivity contribution in [1.29, 1.82) is 0 Å². The lowest BCUT2D eigenvalue weighted by atomic mass is 10.1. The van der Waals surface area contributed by atoms with Crippen LogP contribution in [-0.2, 0) is 0 Å². The molecule has 0 saturated carbocycles. The molecule has 0 N–H and O–H groups in total. The first-order valence-corrected chi connectivity index (χ1v) is 6.49. The molecule has 0 radical (unpaired) electrons. The predicted molar refractivity (Wildman–Crippen MR) is 78.8 cm³/mol. The third-order valence-electron chi connectivity index (χ3n) is 3.14. The van der Waals surface area contributed by atoms with Crippen LogP contribution in [0.3, 0.4) is 0 Å². The molecule has 21 heavy (non-hydrogen) atoms. The summed E-state index contributed by atoms with van der Waals surface area (Å²) < 4.78 is 1.54. The molecule has 0 saturated heterocycles. The number of benzene rings is 2. The molecule has 0 bridgehead atoms.